The lowest BCUT2D eigenvalue weighted by Crippen LogP contribution is -2.34. The van der Waals surface area contributed by atoms with Gasteiger partial charge in [-0.3, -0.25) is 4.79 Å². The van der Waals surface area contributed by atoms with Crippen LogP contribution in [0.4, 0.5) is 0 Å². The summed E-state index contributed by atoms with van der Waals surface area (Å²) in [5.41, 5.74) is 0.596. The minimum atomic E-state index is -0.0758. The highest BCUT2D eigenvalue weighted by Gasteiger charge is 2.18. The predicted molar refractivity (Wildman–Crippen MR) is 77.0 cm³/mol. The maximum atomic E-state index is 11.8. The van der Waals surface area contributed by atoms with Gasteiger partial charge in [-0.05, 0) is 58.7 Å². The van der Waals surface area contributed by atoms with Gasteiger partial charge in [-0.1, -0.05) is 13.8 Å². The summed E-state index contributed by atoms with van der Waals surface area (Å²) in [4.78, 5) is 11.8. The summed E-state index contributed by atoms with van der Waals surface area (Å²) in [5.74, 6) is -0.0626. The Labute approximate surface area is 116 Å². The van der Waals surface area contributed by atoms with E-state index in [4.69, 9.17) is 5.11 Å². The average molecular weight is 347 g/mol. The van der Waals surface area contributed by atoms with Crippen LogP contribution in [0.5, 0.6) is 0 Å². The molecule has 1 amide bonds. The zero-order valence-corrected chi connectivity index (χ0v) is 12.3. The van der Waals surface area contributed by atoms with Crippen molar-refractivity contribution in [1.29, 1.82) is 0 Å². The lowest BCUT2D eigenvalue weighted by Gasteiger charge is -2.23. The van der Waals surface area contributed by atoms with Gasteiger partial charge >= 0.3 is 0 Å². The summed E-state index contributed by atoms with van der Waals surface area (Å²) in [5, 5.41) is 11.8. The molecule has 0 radical (unpaired) electrons. The smallest absolute Gasteiger partial charge is 0.251 e. The number of amides is 1. The molecule has 0 aliphatic carbocycles. The SMILES string of the molecule is CC(C)(CCO)CNC(=O)c1ccc(I)cc1. The molecule has 0 heterocycles. The van der Waals surface area contributed by atoms with Crippen LogP contribution in [0.2, 0.25) is 0 Å². The Hall–Kier alpha value is -0.620. The zero-order valence-electron chi connectivity index (χ0n) is 10.2. The molecule has 0 aliphatic rings. The van der Waals surface area contributed by atoms with Gasteiger partial charge in [0.1, 0.15) is 0 Å². The quantitative estimate of drug-likeness (QED) is 0.804. The van der Waals surface area contributed by atoms with Gasteiger partial charge in [0.15, 0.2) is 0 Å². The number of carbonyl (C=O) groups excluding carboxylic acids is 1. The van der Waals surface area contributed by atoms with E-state index in [-0.39, 0.29) is 17.9 Å². The molecule has 0 atom stereocenters. The first-order chi connectivity index (χ1) is 7.94. The van der Waals surface area contributed by atoms with E-state index < -0.39 is 0 Å². The molecular formula is C13H18INO2. The van der Waals surface area contributed by atoms with Gasteiger partial charge in [0.2, 0.25) is 0 Å². The van der Waals surface area contributed by atoms with Crippen LogP contribution in [-0.2, 0) is 0 Å². The molecular weight excluding hydrogens is 329 g/mol. The molecule has 0 spiro atoms. The molecule has 0 unspecified atom stereocenters. The highest BCUT2D eigenvalue weighted by atomic mass is 127. The van der Waals surface area contributed by atoms with Crippen LogP contribution in [0.3, 0.4) is 0 Å². The van der Waals surface area contributed by atoms with E-state index in [1.807, 2.05) is 38.1 Å². The van der Waals surface area contributed by atoms with E-state index in [9.17, 15) is 4.79 Å². The first-order valence-corrected chi connectivity index (χ1v) is 6.67. The first kappa shape index (κ1) is 14.4. The molecule has 0 saturated heterocycles. The Bertz CT molecular complexity index is 374. The number of nitrogens with one attached hydrogen (secondary N) is 1. The predicted octanol–water partition coefficient (Wildman–Crippen LogP) is 2.43. The van der Waals surface area contributed by atoms with E-state index in [1.54, 1.807) is 0 Å². The molecule has 1 rings (SSSR count). The largest absolute Gasteiger partial charge is 0.396 e. The number of rotatable bonds is 5. The maximum Gasteiger partial charge on any atom is 0.251 e. The second-order valence-electron chi connectivity index (χ2n) is 4.83. The van der Waals surface area contributed by atoms with Crippen molar-refractivity contribution in [1.82, 2.24) is 5.32 Å². The van der Waals surface area contributed by atoms with Crippen molar-refractivity contribution in [3.8, 4) is 0 Å². The van der Waals surface area contributed by atoms with E-state index in [1.165, 1.54) is 0 Å². The zero-order chi connectivity index (χ0) is 12.9. The Balaban J connectivity index is 2.53. The third-order valence-corrected chi connectivity index (χ3v) is 3.34. The number of hydrogen-bond acceptors (Lipinski definition) is 2. The molecule has 0 bridgehead atoms. The van der Waals surface area contributed by atoms with Crippen molar-refractivity contribution in [2.24, 2.45) is 5.41 Å². The molecule has 0 fully saturated rings. The number of carbonyl (C=O) groups is 1. The van der Waals surface area contributed by atoms with E-state index in [2.05, 4.69) is 27.9 Å². The van der Waals surface area contributed by atoms with Gasteiger partial charge < -0.3 is 10.4 Å². The fraction of sp³-hybridized carbons (Fsp3) is 0.462. The van der Waals surface area contributed by atoms with E-state index >= 15 is 0 Å². The fourth-order valence-corrected chi connectivity index (χ4v) is 1.77. The van der Waals surface area contributed by atoms with Crippen LogP contribution >= 0.6 is 22.6 Å². The fourth-order valence-electron chi connectivity index (χ4n) is 1.41. The van der Waals surface area contributed by atoms with Crippen LogP contribution in [0.25, 0.3) is 0 Å². The summed E-state index contributed by atoms with van der Waals surface area (Å²) in [6.45, 7) is 4.76. The minimum Gasteiger partial charge on any atom is -0.396 e. The summed E-state index contributed by atoms with van der Waals surface area (Å²) in [7, 11) is 0. The molecule has 1 aromatic rings. The van der Waals surface area contributed by atoms with Gasteiger partial charge in [-0.15, -0.1) is 0 Å². The Morgan fingerprint density at radius 3 is 2.47 bits per heavy atom. The Morgan fingerprint density at radius 1 is 1.35 bits per heavy atom. The Kier molecular flexibility index (Phi) is 5.39. The molecule has 0 saturated carbocycles. The molecule has 2 N–H and O–H groups in total. The summed E-state index contributed by atoms with van der Waals surface area (Å²) in [6.07, 6.45) is 0.681. The lowest BCUT2D eigenvalue weighted by atomic mass is 9.89. The summed E-state index contributed by atoms with van der Waals surface area (Å²) in [6, 6.07) is 7.45. The molecule has 17 heavy (non-hydrogen) atoms. The first-order valence-electron chi connectivity index (χ1n) is 5.59. The van der Waals surface area contributed by atoms with Crippen molar-refractivity contribution in [2.75, 3.05) is 13.2 Å². The van der Waals surface area contributed by atoms with E-state index in [0.29, 0.717) is 18.5 Å². The Morgan fingerprint density at radius 2 is 1.94 bits per heavy atom. The minimum absolute atomic E-state index is 0.0626. The molecule has 0 aliphatic heterocycles. The average Bonchev–Trinajstić information content (AvgIpc) is 2.27. The van der Waals surface area contributed by atoms with Crippen molar-refractivity contribution in [2.45, 2.75) is 20.3 Å². The molecule has 94 valence electrons. The highest BCUT2D eigenvalue weighted by molar-refractivity contribution is 14.1. The monoisotopic (exact) mass is 347 g/mol. The standard InChI is InChI=1S/C13H18INO2/c1-13(2,7-8-16)9-15-12(17)10-3-5-11(14)6-4-10/h3-6,16H,7-9H2,1-2H3,(H,15,17). The topological polar surface area (TPSA) is 49.3 Å². The number of hydrogen-bond donors (Lipinski definition) is 2. The number of aliphatic hydroxyl groups excluding tert-OH is 1. The highest BCUT2D eigenvalue weighted by Crippen LogP contribution is 2.18. The van der Waals surface area contributed by atoms with Crippen LogP contribution in [0.1, 0.15) is 30.6 Å². The second kappa shape index (κ2) is 6.35. The van der Waals surface area contributed by atoms with Crippen LogP contribution in [-0.4, -0.2) is 24.2 Å². The van der Waals surface area contributed by atoms with Crippen LogP contribution < -0.4 is 5.32 Å². The van der Waals surface area contributed by atoms with Crippen molar-refractivity contribution in [3.05, 3.63) is 33.4 Å². The van der Waals surface area contributed by atoms with Crippen LogP contribution in [0.15, 0.2) is 24.3 Å². The van der Waals surface area contributed by atoms with Crippen molar-refractivity contribution >= 4 is 28.5 Å². The van der Waals surface area contributed by atoms with Gasteiger partial charge in [0.05, 0.1) is 0 Å². The molecule has 3 nitrogen and oxygen atoms in total. The maximum absolute atomic E-state index is 11.8. The number of aliphatic hydroxyl groups is 1. The molecule has 4 heteroatoms. The third-order valence-electron chi connectivity index (χ3n) is 2.62. The van der Waals surface area contributed by atoms with Crippen molar-refractivity contribution < 1.29 is 9.90 Å². The van der Waals surface area contributed by atoms with Crippen molar-refractivity contribution in [3.63, 3.8) is 0 Å². The van der Waals surface area contributed by atoms with Gasteiger partial charge in [-0.2, -0.15) is 0 Å². The second-order valence-corrected chi connectivity index (χ2v) is 6.07. The summed E-state index contributed by atoms with van der Waals surface area (Å²) >= 11 is 2.21. The van der Waals surface area contributed by atoms with Gasteiger partial charge in [0.25, 0.3) is 5.91 Å². The molecule has 0 aromatic heterocycles. The van der Waals surface area contributed by atoms with Gasteiger partial charge in [-0.25, -0.2) is 0 Å². The number of benzene rings is 1. The third kappa shape index (κ3) is 5.04. The van der Waals surface area contributed by atoms with E-state index in [0.717, 1.165) is 3.57 Å². The lowest BCUT2D eigenvalue weighted by molar-refractivity contribution is 0.0928. The number of halogens is 1. The molecule has 1 aromatic carbocycles. The normalized spacial score (nSPS) is 11.3. The van der Waals surface area contributed by atoms with Crippen LogP contribution in [0, 0.1) is 8.99 Å². The van der Waals surface area contributed by atoms with Gasteiger partial charge in [0, 0.05) is 22.3 Å². The summed E-state index contributed by atoms with van der Waals surface area (Å²) < 4.78 is 1.11.